The van der Waals surface area contributed by atoms with E-state index >= 15 is 0 Å². The Morgan fingerprint density at radius 1 is 1.21 bits per heavy atom. The molecule has 2 amide bonds. The molecule has 1 fully saturated rings. The molecular formula is C17H21N3O4. The summed E-state index contributed by atoms with van der Waals surface area (Å²) >= 11 is 0. The number of urea groups is 1. The highest BCUT2D eigenvalue weighted by molar-refractivity contribution is 6.21. The Balaban J connectivity index is 1.93. The highest BCUT2D eigenvalue weighted by Gasteiger charge is 2.38. The number of nitrogens with one attached hydrogen (secondary N) is 2. The van der Waals surface area contributed by atoms with E-state index in [0.717, 1.165) is 0 Å². The predicted molar refractivity (Wildman–Crippen MR) is 89.9 cm³/mol. The molecule has 2 rings (SSSR count). The lowest BCUT2D eigenvalue weighted by molar-refractivity contribution is -0.133. The molecule has 0 atom stereocenters. The van der Waals surface area contributed by atoms with Gasteiger partial charge in [-0.05, 0) is 26.0 Å². The zero-order valence-electron chi connectivity index (χ0n) is 13.7. The highest BCUT2D eigenvalue weighted by Crippen LogP contribution is 2.20. The van der Waals surface area contributed by atoms with Crippen LogP contribution in [0.1, 0.15) is 26.7 Å². The quantitative estimate of drug-likeness (QED) is 0.491. The van der Waals surface area contributed by atoms with Gasteiger partial charge in [-0.15, -0.1) is 0 Å². The van der Waals surface area contributed by atoms with Gasteiger partial charge in [-0.3, -0.25) is 9.59 Å². The Morgan fingerprint density at radius 3 is 2.42 bits per heavy atom. The normalized spacial score (nSPS) is 21.3. The molecular weight excluding hydrogens is 310 g/mol. The van der Waals surface area contributed by atoms with E-state index in [0.29, 0.717) is 18.0 Å². The molecule has 2 N–H and O–H groups in total. The van der Waals surface area contributed by atoms with Crippen LogP contribution in [0.15, 0.2) is 35.5 Å². The Hall–Kier alpha value is -2.70. The number of hydrogen-bond donors (Lipinski definition) is 2. The summed E-state index contributed by atoms with van der Waals surface area (Å²) in [4.78, 5) is 41.3. The fraction of sp³-hybridized carbons (Fsp3) is 0.412. The summed E-state index contributed by atoms with van der Waals surface area (Å²) in [5.41, 5.74) is 1.00. The fourth-order valence-electron chi connectivity index (χ4n) is 2.63. The molecule has 1 saturated carbocycles. The molecule has 0 radical (unpaired) electrons. The second-order valence-electron chi connectivity index (χ2n) is 5.59. The van der Waals surface area contributed by atoms with Gasteiger partial charge in [0.1, 0.15) is 12.5 Å². The lowest BCUT2D eigenvalue weighted by atomic mass is 9.81. The van der Waals surface area contributed by atoms with Gasteiger partial charge in [0.05, 0.1) is 5.71 Å². The van der Waals surface area contributed by atoms with Gasteiger partial charge in [-0.25, -0.2) is 4.79 Å². The molecule has 0 heterocycles. The van der Waals surface area contributed by atoms with Gasteiger partial charge >= 0.3 is 6.03 Å². The van der Waals surface area contributed by atoms with Gasteiger partial charge in [0.2, 0.25) is 0 Å². The third-order valence-corrected chi connectivity index (χ3v) is 3.66. The van der Waals surface area contributed by atoms with E-state index in [9.17, 15) is 14.4 Å². The average Bonchev–Trinajstić information content (AvgIpc) is 2.53. The smallest absolute Gasteiger partial charge is 0.319 e. The van der Waals surface area contributed by atoms with Gasteiger partial charge in [-0.2, -0.15) is 0 Å². The van der Waals surface area contributed by atoms with Crippen molar-refractivity contribution in [1.29, 1.82) is 0 Å². The number of hydrogen-bond acceptors (Lipinski definition) is 5. The molecule has 0 saturated heterocycles. The van der Waals surface area contributed by atoms with Crippen LogP contribution in [-0.4, -0.2) is 36.0 Å². The maximum atomic E-state index is 12.2. The minimum Gasteiger partial charge on any atom is -0.396 e. The molecule has 1 aliphatic carbocycles. The van der Waals surface area contributed by atoms with E-state index in [-0.39, 0.29) is 24.4 Å². The molecule has 7 nitrogen and oxygen atoms in total. The summed E-state index contributed by atoms with van der Waals surface area (Å²) in [6.07, 6.45) is 0.190. The molecule has 0 bridgehead atoms. The number of amides is 2. The molecule has 1 aromatic rings. The van der Waals surface area contributed by atoms with Crippen LogP contribution in [0.4, 0.5) is 10.5 Å². The molecule has 0 aliphatic heterocycles. The molecule has 0 spiro atoms. The summed E-state index contributed by atoms with van der Waals surface area (Å²) < 4.78 is 0. The number of para-hydroxylation sites is 1. The van der Waals surface area contributed by atoms with E-state index in [2.05, 4.69) is 15.8 Å². The maximum absolute atomic E-state index is 12.2. The zero-order valence-corrected chi connectivity index (χ0v) is 13.7. The van der Waals surface area contributed by atoms with E-state index in [1.54, 1.807) is 38.1 Å². The second kappa shape index (κ2) is 8.24. The van der Waals surface area contributed by atoms with Crippen LogP contribution in [-0.2, 0) is 14.4 Å². The van der Waals surface area contributed by atoms with Gasteiger partial charge in [-0.1, -0.05) is 23.4 Å². The van der Waals surface area contributed by atoms with E-state index in [4.69, 9.17) is 4.84 Å². The standard InChI is InChI=1S/C17H21N3O4/c1-3-24-20-11(2)16-14(21)9-13(10-15(16)22)19-17(23)18-12-7-5-4-6-8-12/h4-8,13,16H,3,9-10H2,1-2H3,(H2,18,19,23). The van der Waals surface area contributed by atoms with E-state index in [1.807, 2.05) is 6.07 Å². The van der Waals surface area contributed by atoms with Crippen LogP contribution in [0, 0.1) is 5.92 Å². The number of rotatable bonds is 5. The van der Waals surface area contributed by atoms with Crippen molar-refractivity contribution in [2.45, 2.75) is 32.7 Å². The van der Waals surface area contributed by atoms with Crippen molar-refractivity contribution in [1.82, 2.24) is 5.32 Å². The first-order chi connectivity index (χ1) is 11.5. The average molecular weight is 331 g/mol. The number of oxime groups is 1. The first-order valence-electron chi connectivity index (χ1n) is 7.85. The van der Waals surface area contributed by atoms with Crippen molar-refractivity contribution < 1.29 is 19.2 Å². The van der Waals surface area contributed by atoms with Crippen molar-refractivity contribution in [3.63, 3.8) is 0 Å². The Labute approximate surface area is 140 Å². The molecule has 1 aliphatic rings. The molecule has 0 unspecified atom stereocenters. The number of carbonyl (C=O) groups excluding carboxylic acids is 3. The van der Waals surface area contributed by atoms with Gasteiger partial charge in [0.15, 0.2) is 11.6 Å². The minimum atomic E-state index is -0.869. The Kier molecular flexibility index (Phi) is 6.06. The van der Waals surface area contributed by atoms with Gasteiger partial charge < -0.3 is 15.5 Å². The third kappa shape index (κ3) is 4.65. The largest absolute Gasteiger partial charge is 0.396 e. The van der Waals surface area contributed by atoms with Crippen molar-refractivity contribution in [2.24, 2.45) is 11.1 Å². The molecule has 7 heteroatoms. The number of carbonyl (C=O) groups is 3. The van der Waals surface area contributed by atoms with Crippen molar-refractivity contribution in [2.75, 3.05) is 11.9 Å². The topological polar surface area (TPSA) is 96.9 Å². The SMILES string of the molecule is CCON=C(C)C1C(=O)CC(NC(=O)Nc2ccccc2)CC1=O. The summed E-state index contributed by atoms with van der Waals surface area (Å²) in [5, 5.41) is 9.12. The lowest BCUT2D eigenvalue weighted by Crippen LogP contribution is -2.48. The van der Waals surface area contributed by atoms with Crippen LogP contribution in [0.3, 0.4) is 0 Å². The summed E-state index contributed by atoms with van der Waals surface area (Å²) in [6, 6.07) is 7.99. The van der Waals surface area contributed by atoms with Crippen molar-refractivity contribution in [3.05, 3.63) is 30.3 Å². The second-order valence-corrected chi connectivity index (χ2v) is 5.59. The Morgan fingerprint density at radius 2 is 1.83 bits per heavy atom. The van der Waals surface area contributed by atoms with Gasteiger partial charge in [0, 0.05) is 24.6 Å². The number of ketones is 2. The van der Waals surface area contributed by atoms with Crippen molar-refractivity contribution in [3.8, 4) is 0 Å². The van der Waals surface area contributed by atoms with Crippen LogP contribution in [0.25, 0.3) is 0 Å². The monoisotopic (exact) mass is 331 g/mol. The third-order valence-electron chi connectivity index (χ3n) is 3.66. The van der Waals surface area contributed by atoms with E-state index < -0.39 is 18.0 Å². The number of Topliss-reactive ketones (excluding diaryl/α,β-unsaturated/α-hetero) is 2. The minimum absolute atomic E-state index is 0.0948. The first-order valence-corrected chi connectivity index (χ1v) is 7.85. The molecule has 0 aromatic heterocycles. The molecule has 1 aromatic carbocycles. The van der Waals surface area contributed by atoms with Crippen LogP contribution < -0.4 is 10.6 Å². The van der Waals surface area contributed by atoms with Crippen molar-refractivity contribution >= 4 is 29.0 Å². The summed E-state index contributed by atoms with van der Waals surface area (Å²) in [7, 11) is 0. The Bertz CT molecular complexity index is 624. The van der Waals surface area contributed by atoms with Crippen LogP contribution >= 0.6 is 0 Å². The van der Waals surface area contributed by atoms with Crippen LogP contribution in [0.2, 0.25) is 0 Å². The lowest BCUT2D eigenvalue weighted by Gasteiger charge is -2.26. The van der Waals surface area contributed by atoms with Crippen LogP contribution in [0.5, 0.6) is 0 Å². The molecule has 24 heavy (non-hydrogen) atoms. The molecule has 128 valence electrons. The number of benzene rings is 1. The summed E-state index contributed by atoms with van der Waals surface area (Å²) in [5.74, 6) is -1.37. The summed E-state index contributed by atoms with van der Waals surface area (Å²) in [6.45, 7) is 3.74. The van der Waals surface area contributed by atoms with Gasteiger partial charge in [0.25, 0.3) is 0 Å². The first kappa shape index (κ1) is 17.7. The number of nitrogens with zero attached hydrogens (tertiary/aromatic N) is 1. The fourth-order valence-corrected chi connectivity index (χ4v) is 2.63. The maximum Gasteiger partial charge on any atom is 0.319 e. The highest BCUT2D eigenvalue weighted by atomic mass is 16.6. The number of anilines is 1. The van der Waals surface area contributed by atoms with E-state index in [1.165, 1.54) is 0 Å². The zero-order chi connectivity index (χ0) is 17.5. The predicted octanol–water partition coefficient (Wildman–Crippen LogP) is 2.14.